The Morgan fingerprint density at radius 3 is 2.10 bits per heavy atom. The summed E-state index contributed by atoms with van der Waals surface area (Å²) < 4.78 is 42.5. The van der Waals surface area contributed by atoms with Gasteiger partial charge in [-0.3, -0.25) is 13.9 Å². The van der Waals surface area contributed by atoms with Crippen molar-refractivity contribution >= 4 is 62.3 Å². The lowest BCUT2D eigenvalue weighted by molar-refractivity contribution is -0.140. The molecule has 12 heteroatoms. The van der Waals surface area contributed by atoms with Gasteiger partial charge in [-0.05, 0) is 62.2 Å². The van der Waals surface area contributed by atoms with Crippen molar-refractivity contribution in [3.8, 4) is 0 Å². The number of carbonyl (C=O) groups is 2. The zero-order valence-corrected chi connectivity index (χ0v) is 25.9. The van der Waals surface area contributed by atoms with Gasteiger partial charge in [0, 0.05) is 28.2 Å². The SMILES string of the molecule is CC[C@H](C)NC(=O)[C@H](CC)N(Cc1c(Cl)cccc1Cl)C(=O)CN(c1ccc(F)c(Cl)c1)S(=O)(=O)c1ccccc1. The smallest absolute Gasteiger partial charge is 0.264 e. The van der Waals surface area contributed by atoms with Crippen molar-refractivity contribution in [1.82, 2.24) is 10.2 Å². The fourth-order valence-corrected chi connectivity index (χ4v) is 6.22. The number of anilines is 1. The molecule has 0 radical (unpaired) electrons. The van der Waals surface area contributed by atoms with Gasteiger partial charge in [0.25, 0.3) is 10.0 Å². The third kappa shape index (κ3) is 7.92. The number of sulfonamides is 1. The van der Waals surface area contributed by atoms with Crippen molar-refractivity contribution in [2.45, 2.75) is 57.1 Å². The van der Waals surface area contributed by atoms with E-state index in [1.165, 1.54) is 23.1 Å². The molecule has 0 aliphatic rings. The summed E-state index contributed by atoms with van der Waals surface area (Å²) in [5.41, 5.74) is 0.378. The Labute approximate surface area is 255 Å². The van der Waals surface area contributed by atoms with Crippen LogP contribution in [0.25, 0.3) is 0 Å². The molecule has 0 unspecified atom stereocenters. The molecule has 0 aliphatic carbocycles. The lowest BCUT2D eigenvalue weighted by Crippen LogP contribution is -2.53. The molecule has 0 bridgehead atoms. The number of benzene rings is 3. The van der Waals surface area contributed by atoms with Crippen LogP contribution in [0.5, 0.6) is 0 Å². The summed E-state index contributed by atoms with van der Waals surface area (Å²) >= 11 is 18.8. The van der Waals surface area contributed by atoms with Crippen LogP contribution in [0, 0.1) is 5.82 Å². The number of nitrogens with zero attached hydrogens (tertiary/aromatic N) is 2. The van der Waals surface area contributed by atoms with E-state index in [0.29, 0.717) is 12.0 Å². The molecule has 0 aliphatic heterocycles. The molecule has 0 saturated carbocycles. The maximum atomic E-state index is 14.1. The second kappa shape index (κ2) is 14.4. The molecule has 7 nitrogen and oxygen atoms in total. The molecule has 0 spiro atoms. The van der Waals surface area contributed by atoms with Gasteiger partial charge >= 0.3 is 0 Å². The molecule has 2 amide bonds. The summed E-state index contributed by atoms with van der Waals surface area (Å²) in [6.45, 7) is 4.63. The average molecular weight is 643 g/mol. The normalized spacial score (nSPS) is 12.9. The fourth-order valence-electron chi connectivity index (χ4n) is 4.10. The van der Waals surface area contributed by atoms with Crippen molar-refractivity contribution < 1.29 is 22.4 Å². The third-order valence-corrected chi connectivity index (χ3v) is 9.36. The van der Waals surface area contributed by atoms with Crippen LogP contribution >= 0.6 is 34.8 Å². The molecule has 0 saturated heterocycles. The Hall–Kier alpha value is -2.85. The Morgan fingerprint density at radius 2 is 1.54 bits per heavy atom. The van der Waals surface area contributed by atoms with Crippen LogP contribution < -0.4 is 9.62 Å². The molecular weight excluding hydrogens is 612 g/mol. The molecule has 1 N–H and O–H groups in total. The van der Waals surface area contributed by atoms with Gasteiger partial charge in [-0.25, -0.2) is 12.8 Å². The number of halogens is 4. The summed E-state index contributed by atoms with van der Waals surface area (Å²) in [6.07, 6.45) is 0.894. The molecular formula is C29H31Cl3FN3O4S. The highest BCUT2D eigenvalue weighted by atomic mass is 35.5. The zero-order valence-electron chi connectivity index (χ0n) is 22.8. The van der Waals surface area contributed by atoms with Crippen molar-refractivity contribution in [3.63, 3.8) is 0 Å². The number of carbonyl (C=O) groups excluding carboxylic acids is 2. The van der Waals surface area contributed by atoms with E-state index < -0.39 is 40.2 Å². The van der Waals surface area contributed by atoms with Crippen molar-refractivity contribution in [2.75, 3.05) is 10.8 Å². The molecule has 2 atom stereocenters. The van der Waals surface area contributed by atoms with Crippen LogP contribution in [0.1, 0.15) is 39.2 Å². The van der Waals surface area contributed by atoms with Crippen molar-refractivity contribution in [1.29, 1.82) is 0 Å². The minimum absolute atomic E-state index is 0.0264. The largest absolute Gasteiger partial charge is 0.352 e. The first kappa shape index (κ1) is 32.7. The van der Waals surface area contributed by atoms with Crippen LogP contribution in [-0.4, -0.2) is 43.8 Å². The molecule has 220 valence electrons. The molecule has 41 heavy (non-hydrogen) atoms. The lowest BCUT2D eigenvalue weighted by atomic mass is 10.1. The minimum Gasteiger partial charge on any atom is -0.352 e. The number of nitrogens with one attached hydrogen (secondary N) is 1. The second-order valence-electron chi connectivity index (χ2n) is 9.39. The Balaban J connectivity index is 2.11. The summed E-state index contributed by atoms with van der Waals surface area (Å²) in [5, 5.41) is 3.15. The van der Waals surface area contributed by atoms with Gasteiger partial charge in [0.1, 0.15) is 18.4 Å². The predicted octanol–water partition coefficient (Wildman–Crippen LogP) is 6.70. The van der Waals surface area contributed by atoms with E-state index in [0.717, 1.165) is 16.4 Å². The minimum atomic E-state index is -4.33. The highest BCUT2D eigenvalue weighted by Gasteiger charge is 2.34. The third-order valence-electron chi connectivity index (χ3n) is 6.58. The van der Waals surface area contributed by atoms with E-state index in [4.69, 9.17) is 34.8 Å². The van der Waals surface area contributed by atoms with Crippen LogP contribution in [-0.2, 0) is 26.2 Å². The highest BCUT2D eigenvalue weighted by Crippen LogP contribution is 2.30. The van der Waals surface area contributed by atoms with Crippen molar-refractivity contribution in [3.05, 3.63) is 93.2 Å². The van der Waals surface area contributed by atoms with Gasteiger partial charge < -0.3 is 10.2 Å². The van der Waals surface area contributed by atoms with Crippen LogP contribution in [0.15, 0.2) is 71.6 Å². The molecule has 3 aromatic carbocycles. The maximum Gasteiger partial charge on any atom is 0.264 e. The Bertz CT molecular complexity index is 1470. The monoisotopic (exact) mass is 641 g/mol. The molecule has 0 fully saturated rings. The summed E-state index contributed by atoms with van der Waals surface area (Å²) in [7, 11) is -4.33. The highest BCUT2D eigenvalue weighted by molar-refractivity contribution is 7.92. The number of rotatable bonds is 12. The van der Waals surface area contributed by atoms with E-state index in [1.54, 1.807) is 43.3 Å². The maximum absolute atomic E-state index is 14.1. The standard InChI is InChI=1S/C29H31Cl3FN3O4S/c1-4-19(3)34-29(38)27(5-2)35(17-22-23(30)12-9-13-24(22)31)28(37)18-36(20-14-15-26(33)25(32)16-20)41(39,40)21-10-7-6-8-11-21/h6-16,19,27H,4-5,17-18H2,1-3H3,(H,34,38)/t19-,27-/m0/s1. The Kier molecular flexibility index (Phi) is 11.4. The quantitative estimate of drug-likeness (QED) is 0.238. The van der Waals surface area contributed by atoms with Gasteiger partial charge in [0.05, 0.1) is 15.6 Å². The number of hydrogen-bond donors (Lipinski definition) is 1. The van der Waals surface area contributed by atoms with Gasteiger partial charge in [-0.15, -0.1) is 0 Å². The van der Waals surface area contributed by atoms with Gasteiger partial charge in [-0.2, -0.15) is 0 Å². The van der Waals surface area contributed by atoms with Gasteiger partial charge in [0.15, 0.2) is 0 Å². The first-order valence-electron chi connectivity index (χ1n) is 13.0. The van der Waals surface area contributed by atoms with E-state index in [2.05, 4.69) is 5.32 Å². The number of amides is 2. The van der Waals surface area contributed by atoms with Crippen LogP contribution in [0.3, 0.4) is 0 Å². The van der Waals surface area contributed by atoms with Crippen LogP contribution in [0.4, 0.5) is 10.1 Å². The van der Waals surface area contributed by atoms with Gasteiger partial charge in [-0.1, -0.05) is 72.9 Å². The van der Waals surface area contributed by atoms with Crippen molar-refractivity contribution in [2.24, 2.45) is 0 Å². The molecule has 3 aromatic rings. The average Bonchev–Trinajstić information content (AvgIpc) is 2.94. The van der Waals surface area contributed by atoms with E-state index >= 15 is 0 Å². The Morgan fingerprint density at radius 1 is 0.902 bits per heavy atom. The second-order valence-corrected chi connectivity index (χ2v) is 12.5. The van der Waals surface area contributed by atoms with E-state index in [-0.39, 0.29) is 44.7 Å². The number of hydrogen-bond acceptors (Lipinski definition) is 4. The topological polar surface area (TPSA) is 86.8 Å². The van der Waals surface area contributed by atoms with Crippen LogP contribution in [0.2, 0.25) is 15.1 Å². The molecule has 0 heterocycles. The van der Waals surface area contributed by atoms with Gasteiger partial charge in [0.2, 0.25) is 11.8 Å². The summed E-state index contributed by atoms with van der Waals surface area (Å²) in [5.74, 6) is -1.85. The fraction of sp³-hybridized carbons (Fsp3) is 0.310. The molecule has 3 rings (SSSR count). The zero-order chi connectivity index (χ0) is 30.3. The van der Waals surface area contributed by atoms with E-state index in [1.807, 2.05) is 13.8 Å². The first-order valence-corrected chi connectivity index (χ1v) is 15.5. The summed E-state index contributed by atoms with van der Waals surface area (Å²) in [6, 6.07) is 14.6. The molecule has 0 aromatic heterocycles. The predicted molar refractivity (Wildman–Crippen MR) is 161 cm³/mol. The van der Waals surface area contributed by atoms with E-state index in [9.17, 15) is 22.4 Å². The summed E-state index contributed by atoms with van der Waals surface area (Å²) in [4.78, 5) is 28.6. The first-order chi connectivity index (χ1) is 19.4. The lowest BCUT2D eigenvalue weighted by Gasteiger charge is -2.34.